The van der Waals surface area contributed by atoms with Gasteiger partial charge >= 0.3 is 0 Å². The van der Waals surface area contributed by atoms with Crippen LogP contribution in [-0.2, 0) is 11.2 Å². The summed E-state index contributed by atoms with van der Waals surface area (Å²) in [6, 6.07) is 9.85. The number of rotatable bonds is 8. The van der Waals surface area contributed by atoms with Crippen LogP contribution in [-0.4, -0.2) is 24.6 Å². The summed E-state index contributed by atoms with van der Waals surface area (Å²) in [6.45, 7) is 4.55. The Morgan fingerprint density at radius 1 is 1.21 bits per heavy atom. The third-order valence-corrected chi connectivity index (χ3v) is 4.64. The van der Waals surface area contributed by atoms with Gasteiger partial charge in [-0.05, 0) is 49.2 Å². The fourth-order valence-electron chi connectivity index (χ4n) is 3.12. The van der Waals surface area contributed by atoms with Crippen molar-refractivity contribution in [3.8, 4) is 11.5 Å². The summed E-state index contributed by atoms with van der Waals surface area (Å²) in [6.07, 6.45) is 2.08. The number of carbonyl (C=O) groups is 1. The van der Waals surface area contributed by atoms with Crippen LogP contribution in [0.5, 0.6) is 11.5 Å². The highest BCUT2D eigenvalue weighted by Gasteiger charge is 2.15. The molecule has 1 aromatic heterocycles. The number of ether oxygens (including phenoxy) is 2. The molecule has 1 heterocycles. The Bertz CT molecular complexity index is 981. The van der Waals surface area contributed by atoms with Gasteiger partial charge in [-0.15, -0.1) is 0 Å². The maximum Gasteiger partial charge on any atom is 0.228 e. The molecular formula is C22H25FN2O3. The van der Waals surface area contributed by atoms with Crippen LogP contribution in [0.2, 0.25) is 0 Å². The van der Waals surface area contributed by atoms with Crippen LogP contribution in [0.1, 0.15) is 31.0 Å². The topological polar surface area (TPSA) is 63.4 Å². The number of amides is 1. The summed E-state index contributed by atoms with van der Waals surface area (Å²) in [4.78, 5) is 15.9. The highest BCUT2D eigenvalue weighted by Crippen LogP contribution is 2.30. The first-order valence-electron chi connectivity index (χ1n) is 9.39. The van der Waals surface area contributed by atoms with Crippen molar-refractivity contribution < 1.29 is 18.7 Å². The molecule has 0 unspecified atom stereocenters. The Morgan fingerprint density at radius 2 is 2.04 bits per heavy atom. The monoisotopic (exact) mass is 384 g/mol. The van der Waals surface area contributed by atoms with E-state index < -0.39 is 0 Å². The van der Waals surface area contributed by atoms with Gasteiger partial charge in [0.2, 0.25) is 5.91 Å². The molecule has 1 amide bonds. The van der Waals surface area contributed by atoms with Crippen molar-refractivity contribution in [2.45, 2.75) is 33.1 Å². The number of H-pyrrole nitrogens is 1. The van der Waals surface area contributed by atoms with E-state index in [0.717, 1.165) is 35.0 Å². The molecule has 0 atom stereocenters. The van der Waals surface area contributed by atoms with Gasteiger partial charge in [0.25, 0.3) is 0 Å². The van der Waals surface area contributed by atoms with E-state index in [1.165, 1.54) is 12.1 Å². The lowest BCUT2D eigenvalue weighted by Crippen LogP contribution is -2.16. The SMILES string of the molecule is CCCCOc1ccc(OC)cc1NC(=O)Cc1c(C)[nH]c2ccc(F)cc12. The number of aromatic amines is 1. The molecular weight excluding hydrogens is 359 g/mol. The van der Waals surface area contributed by atoms with Crippen LogP contribution in [0, 0.1) is 12.7 Å². The zero-order valence-electron chi connectivity index (χ0n) is 16.4. The molecule has 2 aromatic carbocycles. The number of fused-ring (bicyclic) bond motifs is 1. The van der Waals surface area contributed by atoms with Gasteiger partial charge in [-0.2, -0.15) is 0 Å². The van der Waals surface area contributed by atoms with Crippen molar-refractivity contribution >= 4 is 22.5 Å². The number of aromatic nitrogens is 1. The van der Waals surface area contributed by atoms with Gasteiger partial charge < -0.3 is 19.8 Å². The number of halogens is 1. The molecule has 5 nitrogen and oxygen atoms in total. The lowest BCUT2D eigenvalue weighted by molar-refractivity contribution is -0.115. The Hall–Kier alpha value is -3.02. The quantitative estimate of drug-likeness (QED) is 0.538. The van der Waals surface area contributed by atoms with E-state index in [2.05, 4.69) is 17.2 Å². The molecule has 0 aliphatic heterocycles. The molecule has 148 valence electrons. The maximum atomic E-state index is 13.6. The van der Waals surface area contributed by atoms with E-state index in [1.54, 1.807) is 31.4 Å². The van der Waals surface area contributed by atoms with Crippen molar-refractivity contribution in [1.29, 1.82) is 0 Å². The van der Waals surface area contributed by atoms with E-state index in [9.17, 15) is 9.18 Å². The van der Waals surface area contributed by atoms with Crippen LogP contribution in [0.3, 0.4) is 0 Å². The molecule has 0 spiro atoms. The summed E-state index contributed by atoms with van der Waals surface area (Å²) in [5, 5.41) is 3.63. The first-order valence-corrected chi connectivity index (χ1v) is 9.39. The summed E-state index contributed by atoms with van der Waals surface area (Å²) in [5.41, 5.74) is 3.00. The molecule has 3 rings (SSSR count). The van der Waals surface area contributed by atoms with Crippen LogP contribution < -0.4 is 14.8 Å². The summed E-state index contributed by atoms with van der Waals surface area (Å²) in [5.74, 6) is 0.696. The van der Waals surface area contributed by atoms with Gasteiger partial charge in [0, 0.05) is 22.7 Å². The Morgan fingerprint density at radius 3 is 2.79 bits per heavy atom. The second-order valence-corrected chi connectivity index (χ2v) is 6.71. The largest absolute Gasteiger partial charge is 0.497 e. The van der Waals surface area contributed by atoms with Crippen molar-refractivity contribution in [3.63, 3.8) is 0 Å². The molecule has 0 aliphatic carbocycles. The predicted molar refractivity (Wildman–Crippen MR) is 109 cm³/mol. The zero-order valence-corrected chi connectivity index (χ0v) is 16.4. The first kappa shape index (κ1) is 19.7. The van der Waals surface area contributed by atoms with Gasteiger partial charge in [-0.1, -0.05) is 13.3 Å². The van der Waals surface area contributed by atoms with Crippen molar-refractivity contribution in [3.05, 3.63) is 53.5 Å². The molecule has 2 N–H and O–H groups in total. The predicted octanol–water partition coefficient (Wildman–Crippen LogP) is 4.98. The fraction of sp³-hybridized carbons (Fsp3) is 0.318. The number of hydrogen-bond donors (Lipinski definition) is 2. The molecule has 0 radical (unpaired) electrons. The van der Waals surface area contributed by atoms with Crippen LogP contribution in [0.15, 0.2) is 36.4 Å². The number of benzene rings is 2. The Labute approximate surface area is 163 Å². The van der Waals surface area contributed by atoms with Crippen molar-refractivity contribution in [2.24, 2.45) is 0 Å². The van der Waals surface area contributed by atoms with Crippen LogP contribution >= 0.6 is 0 Å². The molecule has 0 fully saturated rings. The molecule has 6 heteroatoms. The molecule has 28 heavy (non-hydrogen) atoms. The number of nitrogens with one attached hydrogen (secondary N) is 2. The Balaban J connectivity index is 1.81. The van der Waals surface area contributed by atoms with Crippen molar-refractivity contribution in [1.82, 2.24) is 4.98 Å². The molecule has 3 aromatic rings. The van der Waals surface area contributed by atoms with E-state index in [-0.39, 0.29) is 18.1 Å². The van der Waals surface area contributed by atoms with Crippen molar-refractivity contribution in [2.75, 3.05) is 19.0 Å². The maximum absolute atomic E-state index is 13.6. The van der Waals surface area contributed by atoms with Gasteiger partial charge in [-0.3, -0.25) is 4.79 Å². The van der Waals surface area contributed by atoms with Gasteiger partial charge in [0.1, 0.15) is 17.3 Å². The number of carbonyl (C=O) groups excluding carboxylic acids is 1. The second kappa shape index (κ2) is 8.78. The van der Waals surface area contributed by atoms with Gasteiger partial charge in [-0.25, -0.2) is 4.39 Å². The number of aryl methyl sites for hydroxylation is 1. The van der Waals surface area contributed by atoms with Gasteiger partial charge in [0.15, 0.2) is 0 Å². The zero-order chi connectivity index (χ0) is 20.1. The van der Waals surface area contributed by atoms with E-state index in [4.69, 9.17) is 9.47 Å². The third-order valence-electron chi connectivity index (χ3n) is 4.64. The van der Waals surface area contributed by atoms with E-state index in [1.807, 2.05) is 6.92 Å². The normalized spacial score (nSPS) is 10.9. The lowest BCUT2D eigenvalue weighted by atomic mass is 10.1. The smallest absolute Gasteiger partial charge is 0.228 e. The third kappa shape index (κ3) is 4.44. The molecule has 0 saturated carbocycles. The van der Waals surface area contributed by atoms with Crippen LogP contribution in [0.25, 0.3) is 10.9 Å². The Kier molecular flexibility index (Phi) is 6.19. The van der Waals surface area contributed by atoms with E-state index in [0.29, 0.717) is 23.8 Å². The van der Waals surface area contributed by atoms with Crippen LogP contribution in [0.4, 0.5) is 10.1 Å². The average Bonchev–Trinajstić information content (AvgIpc) is 2.98. The number of unbranched alkanes of at least 4 members (excludes halogenated alkanes) is 1. The molecule has 0 saturated heterocycles. The standard InChI is InChI=1S/C22H25FN2O3/c1-4-5-10-28-21-9-7-16(27-3)12-20(21)25-22(26)13-17-14(2)24-19-8-6-15(23)11-18(17)19/h6-9,11-12,24H,4-5,10,13H2,1-3H3,(H,25,26). The number of methoxy groups -OCH3 is 1. The highest BCUT2D eigenvalue weighted by atomic mass is 19.1. The minimum atomic E-state index is -0.326. The fourth-order valence-corrected chi connectivity index (χ4v) is 3.12. The lowest BCUT2D eigenvalue weighted by Gasteiger charge is -2.14. The minimum Gasteiger partial charge on any atom is -0.497 e. The average molecular weight is 384 g/mol. The van der Waals surface area contributed by atoms with E-state index >= 15 is 0 Å². The highest BCUT2D eigenvalue weighted by molar-refractivity contribution is 5.97. The molecule has 0 aliphatic rings. The minimum absolute atomic E-state index is 0.126. The van der Waals surface area contributed by atoms with Gasteiger partial charge in [0.05, 0.1) is 25.8 Å². The first-order chi connectivity index (χ1) is 13.5. The molecule has 0 bridgehead atoms. The number of hydrogen-bond acceptors (Lipinski definition) is 3. The summed E-state index contributed by atoms with van der Waals surface area (Å²) in [7, 11) is 1.57. The summed E-state index contributed by atoms with van der Waals surface area (Å²) < 4.78 is 24.7. The second-order valence-electron chi connectivity index (χ2n) is 6.71. The summed E-state index contributed by atoms with van der Waals surface area (Å²) >= 11 is 0. The number of anilines is 1.